The number of piperidine rings is 1. The van der Waals surface area contributed by atoms with Gasteiger partial charge in [-0.2, -0.15) is 0 Å². The molecule has 1 aromatic carbocycles. The summed E-state index contributed by atoms with van der Waals surface area (Å²) in [4.78, 5) is 14.3. The number of amides is 1. The van der Waals surface area contributed by atoms with Crippen LogP contribution in [0, 0.1) is 5.92 Å². The molecule has 0 spiro atoms. The fraction of sp³-hybridized carbons (Fsp3) is 0.588. The molecule has 0 bridgehead atoms. The molecule has 1 aliphatic heterocycles. The Hall–Kier alpha value is -1.36. The zero-order chi connectivity index (χ0) is 16.0. The molecule has 0 N–H and O–H groups in total. The fourth-order valence-corrected chi connectivity index (χ4v) is 4.61. The van der Waals surface area contributed by atoms with E-state index in [2.05, 4.69) is 6.92 Å². The van der Waals surface area contributed by atoms with Gasteiger partial charge in [-0.1, -0.05) is 31.5 Å². The smallest absolute Gasteiger partial charge is 0.222 e. The number of likely N-dealkylation sites (tertiary alicyclic amines) is 1. The number of nitrogens with zero attached hydrogens (tertiary/aromatic N) is 1. The SMILES string of the molecule is CCCCC(=O)N1CCCC(CS(=O)(=O)c2ccccc2)C1. The maximum Gasteiger partial charge on any atom is 0.222 e. The topological polar surface area (TPSA) is 54.5 Å². The van der Waals surface area contributed by atoms with E-state index >= 15 is 0 Å². The van der Waals surface area contributed by atoms with E-state index < -0.39 is 9.84 Å². The van der Waals surface area contributed by atoms with Crippen LogP contribution >= 0.6 is 0 Å². The average Bonchev–Trinajstić information content (AvgIpc) is 2.53. The first-order valence-corrected chi connectivity index (χ1v) is 9.73. The Morgan fingerprint density at radius 3 is 2.68 bits per heavy atom. The van der Waals surface area contributed by atoms with Gasteiger partial charge >= 0.3 is 0 Å². The number of sulfone groups is 1. The van der Waals surface area contributed by atoms with Crippen LogP contribution in [-0.2, 0) is 14.6 Å². The summed E-state index contributed by atoms with van der Waals surface area (Å²) in [5, 5.41) is 0. The Morgan fingerprint density at radius 2 is 2.00 bits per heavy atom. The first-order valence-electron chi connectivity index (χ1n) is 8.08. The zero-order valence-electron chi connectivity index (χ0n) is 13.2. The van der Waals surface area contributed by atoms with Crippen molar-refractivity contribution in [1.82, 2.24) is 4.90 Å². The summed E-state index contributed by atoms with van der Waals surface area (Å²) in [5.74, 6) is 0.349. The van der Waals surface area contributed by atoms with Gasteiger partial charge in [-0.05, 0) is 37.3 Å². The summed E-state index contributed by atoms with van der Waals surface area (Å²) < 4.78 is 24.9. The van der Waals surface area contributed by atoms with E-state index in [1.165, 1.54) is 0 Å². The highest BCUT2D eigenvalue weighted by Gasteiger charge is 2.27. The molecule has 1 atom stereocenters. The standard InChI is InChI=1S/C17H25NO3S/c1-2-3-11-17(19)18-12-7-8-15(13-18)14-22(20,21)16-9-5-4-6-10-16/h4-6,9-10,15H,2-3,7-8,11-14H2,1H3. The first kappa shape index (κ1) is 17.0. The highest BCUT2D eigenvalue weighted by molar-refractivity contribution is 7.91. The van der Waals surface area contributed by atoms with Crippen LogP contribution in [-0.4, -0.2) is 38.1 Å². The highest BCUT2D eigenvalue weighted by atomic mass is 32.2. The summed E-state index contributed by atoms with van der Waals surface area (Å²) in [5.41, 5.74) is 0. The van der Waals surface area contributed by atoms with Gasteiger partial charge in [-0.15, -0.1) is 0 Å². The lowest BCUT2D eigenvalue weighted by molar-refractivity contribution is -0.132. The van der Waals surface area contributed by atoms with E-state index in [0.717, 1.165) is 32.2 Å². The second-order valence-electron chi connectivity index (χ2n) is 6.05. The molecule has 0 radical (unpaired) electrons. The summed E-state index contributed by atoms with van der Waals surface area (Å²) in [6.45, 7) is 3.41. The number of carbonyl (C=O) groups excluding carboxylic acids is 1. The predicted octanol–water partition coefficient (Wildman–Crippen LogP) is 2.89. The van der Waals surface area contributed by atoms with Gasteiger partial charge in [0.15, 0.2) is 9.84 Å². The molecule has 122 valence electrons. The fourth-order valence-electron chi connectivity index (χ4n) is 2.95. The number of hydrogen-bond donors (Lipinski definition) is 0. The molecule has 5 heteroatoms. The minimum Gasteiger partial charge on any atom is -0.342 e. The van der Waals surface area contributed by atoms with E-state index in [4.69, 9.17) is 0 Å². The van der Waals surface area contributed by atoms with E-state index in [0.29, 0.717) is 17.9 Å². The number of benzene rings is 1. The Kier molecular flexibility index (Phi) is 6.00. The van der Waals surface area contributed by atoms with Crippen molar-refractivity contribution < 1.29 is 13.2 Å². The second-order valence-corrected chi connectivity index (χ2v) is 8.08. The molecule has 2 rings (SSSR count). The maximum atomic E-state index is 12.4. The molecule has 1 fully saturated rings. The normalized spacial score (nSPS) is 19.1. The number of unbranched alkanes of at least 4 members (excludes halogenated alkanes) is 1. The summed E-state index contributed by atoms with van der Waals surface area (Å²) >= 11 is 0. The lowest BCUT2D eigenvalue weighted by atomic mass is 9.99. The van der Waals surface area contributed by atoms with Crippen LogP contribution in [0.4, 0.5) is 0 Å². The molecule has 1 aromatic rings. The molecule has 1 heterocycles. The summed E-state index contributed by atoms with van der Waals surface area (Å²) in [6, 6.07) is 8.58. The molecule has 1 saturated heterocycles. The van der Waals surface area contributed by atoms with Crippen molar-refractivity contribution in [2.45, 2.75) is 43.9 Å². The van der Waals surface area contributed by atoms with Crippen molar-refractivity contribution in [1.29, 1.82) is 0 Å². The highest BCUT2D eigenvalue weighted by Crippen LogP contribution is 2.22. The Balaban J connectivity index is 1.97. The van der Waals surface area contributed by atoms with Gasteiger partial charge in [0.1, 0.15) is 0 Å². The van der Waals surface area contributed by atoms with Crippen molar-refractivity contribution in [3.63, 3.8) is 0 Å². The van der Waals surface area contributed by atoms with Crippen molar-refractivity contribution >= 4 is 15.7 Å². The Morgan fingerprint density at radius 1 is 1.27 bits per heavy atom. The van der Waals surface area contributed by atoms with Crippen molar-refractivity contribution in [2.75, 3.05) is 18.8 Å². The van der Waals surface area contributed by atoms with Crippen LogP contribution in [0.5, 0.6) is 0 Å². The third kappa shape index (κ3) is 4.57. The van der Waals surface area contributed by atoms with Crippen LogP contribution in [0.15, 0.2) is 35.2 Å². The van der Waals surface area contributed by atoms with Crippen molar-refractivity contribution in [2.24, 2.45) is 5.92 Å². The molecule has 0 saturated carbocycles. The van der Waals surface area contributed by atoms with Crippen LogP contribution in [0.25, 0.3) is 0 Å². The maximum absolute atomic E-state index is 12.4. The third-order valence-corrected chi connectivity index (χ3v) is 6.07. The molecule has 22 heavy (non-hydrogen) atoms. The van der Waals surface area contributed by atoms with Crippen LogP contribution in [0.1, 0.15) is 39.0 Å². The van der Waals surface area contributed by atoms with Crippen molar-refractivity contribution in [3.8, 4) is 0 Å². The third-order valence-electron chi connectivity index (χ3n) is 4.17. The lowest BCUT2D eigenvalue weighted by Crippen LogP contribution is -2.41. The molecule has 1 aliphatic rings. The molecule has 1 unspecified atom stereocenters. The van der Waals surface area contributed by atoms with E-state index in [9.17, 15) is 13.2 Å². The lowest BCUT2D eigenvalue weighted by Gasteiger charge is -2.32. The molecule has 0 aromatic heterocycles. The van der Waals surface area contributed by atoms with Gasteiger partial charge in [-0.25, -0.2) is 8.42 Å². The van der Waals surface area contributed by atoms with Crippen molar-refractivity contribution in [3.05, 3.63) is 30.3 Å². The second kappa shape index (κ2) is 7.77. The minimum absolute atomic E-state index is 0.0459. The van der Waals surface area contributed by atoms with E-state index in [1.54, 1.807) is 24.3 Å². The Labute approximate surface area is 133 Å². The summed E-state index contributed by atoms with van der Waals surface area (Å²) in [7, 11) is -3.26. The zero-order valence-corrected chi connectivity index (χ0v) is 14.0. The van der Waals surface area contributed by atoms with E-state index in [1.807, 2.05) is 11.0 Å². The van der Waals surface area contributed by atoms with E-state index in [-0.39, 0.29) is 17.6 Å². The Bertz CT molecular complexity index is 583. The van der Waals surface area contributed by atoms with Gasteiger partial charge in [0.25, 0.3) is 0 Å². The van der Waals surface area contributed by atoms with Gasteiger partial charge in [0, 0.05) is 19.5 Å². The van der Waals surface area contributed by atoms with Crippen LogP contribution in [0.3, 0.4) is 0 Å². The number of rotatable bonds is 6. The quantitative estimate of drug-likeness (QED) is 0.809. The molecule has 1 amide bonds. The largest absolute Gasteiger partial charge is 0.342 e. The minimum atomic E-state index is -3.26. The van der Waals surface area contributed by atoms with Gasteiger partial charge in [0.2, 0.25) is 5.91 Å². The number of hydrogen-bond acceptors (Lipinski definition) is 3. The number of carbonyl (C=O) groups is 1. The predicted molar refractivity (Wildman–Crippen MR) is 87.3 cm³/mol. The molecule has 4 nitrogen and oxygen atoms in total. The van der Waals surface area contributed by atoms with Gasteiger partial charge < -0.3 is 4.90 Å². The van der Waals surface area contributed by atoms with Crippen LogP contribution < -0.4 is 0 Å². The molecule has 0 aliphatic carbocycles. The summed E-state index contributed by atoms with van der Waals surface area (Å²) in [6.07, 6.45) is 4.26. The molecular weight excluding hydrogens is 298 g/mol. The van der Waals surface area contributed by atoms with Gasteiger partial charge in [-0.3, -0.25) is 4.79 Å². The monoisotopic (exact) mass is 323 g/mol. The average molecular weight is 323 g/mol. The van der Waals surface area contributed by atoms with Crippen LogP contribution in [0.2, 0.25) is 0 Å². The van der Waals surface area contributed by atoms with Gasteiger partial charge in [0.05, 0.1) is 10.6 Å². The first-order chi connectivity index (χ1) is 10.5. The molecular formula is C17H25NO3S.